The Hall–Kier alpha value is -2.34. The smallest absolute Gasteiger partial charge is 0.201 e. The molecule has 2 heterocycles. The molecule has 0 aliphatic rings. The van der Waals surface area contributed by atoms with Crippen molar-refractivity contribution < 1.29 is 0 Å². The van der Waals surface area contributed by atoms with E-state index in [0.717, 1.165) is 34.8 Å². The molecule has 154 valence electrons. The quantitative estimate of drug-likeness (QED) is 0.345. The highest BCUT2D eigenvalue weighted by molar-refractivity contribution is 6.35. The second kappa shape index (κ2) is 8.42. The number of nitrogens with one attached hydrogen (secondary N) is 1. The van der Waals surface area contributed by atoms with Crippen molar-refractivity contribution in [1.29, 1.82) is 0 Å². The van der Waals surface area contributed by atoms with Gasteiger partial charge < -0.3 is 0 Å². The van der Waals surface area contributed by atoms with Crippen LogP contribution in [0.1, 0.15) is 37.6 Å². The topological polar surface area (TPSA) is 59.4 Å². The predicted molar refractivity (Wildman–Crippen MR) is 123 cm³/mol. The molecule has 0 bridgehead atoms. The number of H-pyrrole nitrogens is 1. The molecule has 1 unspecified atom stereocenters. The standard InChI is InChI=1S/C22H20Cl3N5/c1-4-12(2)21-26-22(28-27-21)19-13(3)20(14-5-7-15(23)8-6-14)30(29-19)18-10-9-16(24)11-17(18)25/h5-12H,4H2,1-3H3,(H,26,27,28). The number of rotatable bonds is 5. The van der Waals surface area contributed by atoms with Gasteiger partial charge in [0.2, 0.25) is 5.82 Å². The van der Waals surface area contributed by atoms with E-state index >= 15 is 0 Å². The third kappa shape index (κ3) is 3.85. The largest absolute Gasteiger partial charge is 0.262 e. The van der Waals surface area contributed by atoms with Crippen LogP contribution >= 0.6 is 34.8 Å². The van der Waals surface area contributed by atoms with E-state index < -0.39 is 0 Å². The minimum Gasteiger partial charge on any atom is -0.262 e. The molecule has 4 aromatic rings. The first kappa shape index (κ1) is 20.9. The first-order valence-corrected chi connectivity index (χ1v) is 10.8. The summed E-state index contributed by atoms with van der Waals surface area (Å²) in [5.74, 6) is 1.69. The maximum atomic E-state index is 6.52. The van der Waals surface area contributed by atoms with E-state index in [0.29, 0.717) is 26.6 Å². The van der Waals surface area contributed by atoms with E-state index in [1.54, 1.807) is 12.1 Å². The maximum Gasteiger partial charge on any atom is 0.201 e. The minimum absolute atomic E-state index is 0.287. The van der Waals surface area contributed by atoms with Crippen molar-refractivity contribution in [3.8, 4) is 28.5 Å². The van der Waals surface area contributed by atoms with Gasteiger partial charge in [-0.25, -0.2) is 9.67 Å². The van der Waals surface area contributed by atoms with Crippen molar-refractivity contribution >= 4 is 34.8 Å². The van der Waals surface area contributed by atoms with Gasteiger partial charge in [0.1, 0.15) is 11.5 Å². The van der Waals surface area contributed by atoms with Crippen molar-refractivity contribution in [3.63, 3.8) is 0 Å². The predicted octanol–water partition coefficient (Wildman–Crippen LogP) is 7.11. The Morgan fingerprint density at radius 3 is 2.40 bits per heavy atom. The van der Waals surface area contributed by atoms with E-state index in [-0.39, 0.29) is 5.92 Å². The molecule has 5 nitrogen and oxygen atoms in total. The van der Waals surface area contributed by atoms with Crippen molar-refractivity contribution in [2.24, 2.45) is 0 Å². The molecule has 0 spiro atoms. The zero-order valence-electron chi connectivity index (χ0n) is 16.7. The second-order valence-electron chi connectivity index (χ2n) is 7.19. The lowest BCUT2D eigenvalue weighted by atomic mass is 10.1. The van der Waals surface area contributed by atoms with Gasteiger partial charge >= 0.3 is 0 Å². The summed E-state index contributed by atoms with van der Waals surface area (Å²) in [4.78, 5) is 4.69. The SMILES string of the molecule is CCC(C)c1nc(-c2nn(-c3ccc(Cl)cc3Cl)c(-c3ccc(Cl)cc3)c2C)n[nH]1. The van der Waals surface area contributed by atoms with Gasteiger partial charge in [0.15, 0.2) is 0 Å². The Morgan fingerprint density at radius 2 is 1.73 bits per heavy atom. The van der Waals surface area contributed by atoms with Crippen LogP contribution in [0, 0.1) is 6.92 Å². The zero-order chi connectivity index (χ0) is 21.4. The lowest BCUT2D eigenvalue weighted by Gasteiger charge is -2.11. The molecule has 30 heavy (non-hydrogen) atoms. The lowest BCUT2D eigenvalue weighted by molar-refractivity contribution is 0.682. The van der Waals surface area contributed by atoms with Gasteiger partial charge in [0.25, 0.3) is 0 Å². The molecule has 4 rings (SSSR count). The highest BCUT2D eigenvalue weighted by Gasteiger charge is 2.23. The normalized spacial score (nSPS) is 12.3. The average Bonchev–Trinajstić information content (AvgIpc) is 3.33. The van der Waals surface area contributed by atoms with Gasteiger partial charge in [0.05, 0.1) is 16.4 Å². The zero-order valence-corrected chi connectivity index (χ0v) is 19.0. The summed E-state index contributed by atoms with van der Waals surface area (Å²) >= 11 is 18.7. The number of nitrogens with zero attached hydrogens (tertiary/aromatic N) is 4. The Balaban J connectivity index is 1.93. The van der Waals surface area contributed by atoms with Crippen molar-refractivity contribution in [2.75, 3.05) is 0 Å². The van der Waals surface area contributed by atoms with Crippen LogP contribution in [-0.2, 0) is 0 Å². The van der Waals surface area contributed by atoms with E-state index in [9.17, 15) is 0 Å². The molecule has 0 aliphatic carbocycles. The fourth-order valence-electron chi connectivity index (χ4n) is 3.28. The lowest BCUT2D eigenvalue weighted by Crippen LogP contribution is -2.00. The van der Waals surface area contributed by atoms with E-state index in [2.05, 4.69) is 29.0 Å². The number of hydrogen-bond acceptors (Lipinski definition) is 3. The van der Waals surface area contributed by atoms with Crippen molar-refractivity contribution in [1.82, 2.24) is 25.0 Å². The fraction of sp³-hybridized carbons (Fsp3) is 0.227. The molecule has 1 N–H and O–H groups in total. The summed E-state index contributed by atoms with van der Waals surface area (Å²) in [7, 11) is 0. The molecule has 0 saturated carbocycles. The summed E-state index contributed by atoms with van der Waals surface area (Å²) < 4.78 is 1.81. The molecule has 0 saturated heterocycles. The van der Waals surface area contributed by atoms with E-state index in [1.165, 1.54) is 0 Å². The van der Waals surface area contributed by atoms with Gasteiger partial charge in [-0.05, 0) is 43.7 Å². The number of aromatic amines is 1. The summed E-state index contributed by atoms with van der Waals surface area (Å²) in [5, 5.41) is 14.0. The number of halogens is 3. The van der Waals surface area contributed by atoms with Crippen LogP contribution in [0.4, 0.5) is 0 Å². The number of aromatic nitrogens is 5. The fourth-order valence-corrected chi connectivity index (χ4v) is 3.89. The summed E-state index contributed by atoms with van der Waals surface area (Å²) in [6, 6.07) is 13.0. The Bertz CT molecular complexity index is 1190. The van der Waals surface area contributed by atoms with Gasteiger partial charge in [-0.1, -0.05) is 60.8 Å². The maximum absolute atomic E-state index is 6.52. The third-order valence-corrected chi connectivity index (χ3v) is 5.96. The van der Waals surface area contributed by atoms with Gasteiger partial charge in [-0.15, -0.1) is 0 Å². The molecule has 0 amide bonds. The molecular weight excluding hydrogens is 441 g/mol. The third-order valence-electron chi connectivity index (χ3n) is 5.17. The second-order valence-corrected chi connectivity index (χ2v) is 8.47. The Kier molecular flexibility index (Phi) is 5.87. The van der Waals surface area contributed by atoms with Gasteiger partial charge in [-0.3, -0.25) is 5.10 Å². The molecule has 0 radical (unpaired) electrons. The van der Waals surface area contributed by atoms with Crippen LogP contribution in [0.25, 0.3) is 28.5 Å². The van der Waals surface area contributed by atoms with Crippen LogP contribution in [0.15, 0.2) is 42.5 Å². The van der Waals surface area contributed by atoms with Crippen LogP contribution in [0.2, 0.25) is 15.1 Å². The summed E-state index contributed by atoms with van der Waals surface area (Å²) in [5.41, 5.74) is 4.20. The Morgan fingerprint density at radius 1 is 1.03 bits per heavy atom. The van der Waals surface area contributed by atoms with Gasteiger partial charge in [-0.2, -0.15) is 10.2 Å². The molecule has 0 fully saturated rings. The molecule has 2 aromatic heterocycles. The monoisotopic (exact) mass is 459 g/mol. The van der Waals surface area contributed by atoms with E-state index in [1.807, 2.05) is 41.9 Å². The summed E-state index contributed by atoms with van der Waals surface area (Å²) in [6.45, 7) is 6.24. The van der Waals surface area contributed by atoms with Crippen molar-refractivity contribution in [2.45, 2.75) is 33.1 Å². The average molecular weight is 461 g/mol. The highest BCUT2D eigenvalue weighted by Crippen LogP contribution is 2.35. The molecule has 8 heteroatoms. The molecule has 1 atom stereocenters. The number of hydrogen-bond donors (Lipinski definition) is 1. The molecule has 0 aliphatic heterocycles. The van der Waals surface area contributed by atoms with Crippen LogP contribution in [-0.4, -0.2) is 25.0 Å². The number of benzene rings is 2. The first-order chi connectivity index (χ1) is 14.4. The minimum atomic E-state index is 0.287. The van der Waals surface area contributed by atoms with Crippen LogP contribution in [0.5, 0.6) is 0 Å². The van der Waals surface area contributed by atoms with Crippen molar-refractivity contribution in [3.05, 3.63) is 68.9 Å². The Labute approximate surface area is 190 Å². The van der Waals surface area contributed by atoms with Gasteiger partial charge in [0, 0.05) is 27.1 Å². The van der Waals surface area contributed by atoms with Crippen LogP contribution in [0.3, 0.4) is 0 Å². The van der Waals surface area contributed by atoms with E-state index in [4.69, 9.17) is 39.9 Å². The highest BCUT2D eigenvalue weighted by atomic mass is 35.5. The molecule has 2 aromatic carbocycles. The van der Waals surface area contributed by atoms with Crippen LogP contribution < -0.4 is 0 Å². The molecular formula is C22H20Cl3N5. The summed E-state index contributed by atoms with van der Waals surface area (Å²) in [6.07, 6.45) is 0.971. The first-order valence-electron chi connectivity index (χ1n) is 9.62.